The van der Waals surface area contributed by atoms with Crippen molar-refractivity contribution in [2.24, 2.45) is 0 Å². The fourth-order valence-electron chi connectivity index (χ4n) is 3.27. The molecule has 0 unspecified atom stereocenters. The van der Waals surface area contributed by atoms with Crippen molar-refractivity contribution >= 4 is 5.82 Å². The number of pyridine rings is 1. The van der Waals surface area contributed by atoms with Crippen molar-refractivity contribution in [3.8, 4) is 0 Å². The van der Waals surface area contributed by atoms with E-state index in [-0.39, 0.29) is 0 Å². The fraction of sp³-hybridized carbons (Fsp3) is 0.190. The quantitative estimate of drug-likeness (QED) is 0.800. The first-order chi connectivity index (χ1) is 11.8. The molecule has 4 rings (SSSR count). The van der Waals surface area contributed by atoms with Crippen LogP contribution in [0.2, 0.25) is 0 Å². The second-order valence-corrected chi connectivity index (χ2v) is 6.20. The molecule has 120 valence electrons. The van der Waals surface area contributed by atoms with Crippen LogP contribution in [0.5, 0.6) is 0 Å². The van der Waals surface area contributed by atoms with Crippen molar-refractivity contribution in [2.45, 2.75) is 19.1 Å². The van der Waals surface area contributed by atoms with Gasteiger partial charge >= 0.3 is 0 Å². The van der Waals surface area contributed by atoms with Gasteiger partial charge in [0.2, 0.25) is 0 Å². The zero-order chi connectivity index (χ0) is 16.4. The molecule has 1 atom stereocenters. The topological polar surface area (TPSA) is 36.4 Å². The summed E-state index contributed by atoms with van der Waals surface area (Å²) in [7, 11) is 0. The van der Waals surface area contributed by atoms with Crippen LogP contribution in [0, 0.1) is 0 Å². The zero-order valence-electron chi connectivity index (χ0n) is 13.5. The van der Waals surface area contributed by atoms with Crippen molar-refractivity contribution in [1.82, 2.24) is 4.98 Å². The van der Waals surface area contributed by atoms with E-state index in [1.165, 1.54) is 11.1 Å². The third-order valence-electron chi connectivity index (χ3n) is 4.66. The first kappa shape index (κ1) is 14.9. The van der Waals surface area contributed by atoms with E-state index in [9.17, 15) is 5.11 Å². The Morgan fingerprint density at radius 3 is 2.33 bits per heavy atom. The normalized spacial score (nSPS) is 15.0. The van der Waals surface area contributed by atoms with E-state index in [0.717, 1.165) is 36.5 Å². The molecule has 1 aromatic heterocycles. The van der Waals surface area contributed by atoms with Crippen molar-refractivity contribution in [3.05, 3.63) is 95.2 Å². The minimum absolute atomic E-state index is 0.630. The molecule has 2 aromatic carbocycles. The maximum absolute atomic E-state index is 10.5. The highest BCUT2D eigenvalue weighted by Gasteiger charge is 2.17. The molecule has 0 bridgehead atoms. The molecule has 0 amide bonds. The van der Waals surface area contributed by atoms with Crippen LogP contribution in [0.4, 0.5) is 5.82 Å². The van der Waals surface area contributed by atoms with Crippen molar-refractivity contribution in [3.63, 3.8) is 0 Å². The van der Waals surface area contributed by atoms with Gasteiger partial charge in [0.25, 0.3) is 0 Å². The van der Waals surface area contributed by atoms with Crippen LogP contribution < -0.4 is 4.90 Å². The number of hydrogen-bond acceptors (Lipinski definition) is 3. The predicted molar refractivity (Wildman–Crippen MR) is 95.9 cm³/mol. The summed E-state index contributed by atoms with van der Waals surface area (Å²) in [6.07, 6.45) is 2.20. The third-order valence-corrected chi connectivity index (χ3v) is 4.66. The summed E-state index contributed by atoms with van der Waals surface area (Å²) in [4.78, 5) is 6.88. The Balaban J connectivity index is 1.52. The SMILES string of the molecule is O[C@H](c1ccccc1)c1ccc(N2CCc3ccccc3C2)nc1. The number of hydrogen-bond donors (Lipinski definition) is 1. The molecular formula is C21H20N2O. The second-order valence-electron chi connectivity index (χ2n) is 6.20. The van der Waals surface area contributed by atoms with Crippen LogP contribution >= 0.6 is 0 Å². The molecule has 0 spiro atoms. The average Bonchev–Trinajstić information content (AvgIpc) is 2.68. The molecule has 3 aromatic rings. The number of rotatable bonds is 3. The van der Waals surface area contributed by atoms with Crippen LogP contribution in [0.25, 0.3) is 0 Å². The Hall–Kier alpha value is -2.65. The van der Waals surface area contributed by atoms with Crippen LogP contribution in [0.1, 0.15) is 28.4 Å². The van der Waals surface area contributed by atoms with E-state index >= 15 is 0 Å². The average molecular weight is 316 g/mol. The molecule has 3 heteroatoms. The molecular weight excluding hydrogens is 296 g/mol. The maximum atomic E-state index is 10.5. The fourth-order valence-corrected chi connectivity index (χ4v) is 3.27. The van der Waals surface area contributed by atoms with Gasteiger partial charge in [0.1, 0.15) is 11.9 Å². The van der Waals surface area contributed by atoms with Gasteiger partial charge in [-0.3, -0.25) is 0 Å². The van der Waals surface area contributed by atoms with E-state index in [1.807, 2.05) is 42.5 Å². The Labute approximate surface area is 142 Å². The Morgan fingerprint density at radius 2 is 1.58 bits per heavy atom. The molecule has 0 radical (unpaired) electrons. The van der Waals surface area contributed by atoms with E-state index < -0.39 is 6.10 Å². The van der Waals surface area contributed by atoms with Gasteiger partial charge in [0.05, 0.1) is 0 Å². The molecule has 24 heavy (non-hydrogen) atoms. The molecule has 0 aliphatic carbocycles. The molecule has 1 N–H and O–H groups in total. The maximum Gasteiger partial charge on any atom is 0.128 e. The minimum atomic E-state index is -0.630. The largest absolute Gasteiger partial charge is 0.384 e. The van der Waals surface area contributed by atoms with E-state index in [2.05, 4.69) is 34.1 Å². The minimum Gasteiger partial charge on any atom is -0.384 e. The van der Waals surface area contributed by atoms with Crippen LogP contribution in [0.15, 0.2) is 72.9 Å². The molecule has 2 heterocycles. The lowest BCUT2D eigenvalue weighted by Gasteiger charge is -2.30. The Morgan fingerprint density at radius 1 is 0.833 bits per heavy atom. The second kappa shape index (κ2) is 6.46. The van der Waals surface area contributed by atoms with E-state index in [0.29, 0.717) is 0 Å². The summed E-state index contributed by atoms with van der Waals surface area (Å²) in [5, 5.41) is 10.5. The van der Waals surface area contributed by atoms with Crippen molar-refractivity contribution in [1.29, 1.82) is 0 Å². The van der Waals surface area contributed by atoms with Crippen molar-refractivity contribution in [2.75, 3.05) is 11.4 Å². The summed E-state index contributed by atoms with van der Waals surface area (Å²) in [6, 6.07) is 22.3. The molecule has 0 fully saturated rings. The highest BCUT2D eigenvalue weighted by molar-refractivity contribution is 5.45. The Bertz CT molecular complexity index is 815. The standard InChI is InChI=1S/C21H20N2O/c24-21(17-7-2-1-3-8-17)18-10-11-20(22-14-18)23-13-12-16-6-4-5-9-19(16)15-23/h1-11,14,21,24H,12-13,15H2/t21-/m1/s1. The third kappa shape index (κ3) is 2.91. The van der Waals surface area contributed by atoms with Gasteiger partial charge < -0.3 is 10.0 Å². The number of anilines is 1. The molecule has 0 saturated carbocycles. The summed E-state index contributed by atoms with van der Waals surface area (Å²) in [6.45, 7) is 1.87. The van der Waals surface area contributed by atoms with Gasteiger partial charge in [-0.15, -0.1) is 0 Å². The van der Waals surface area contributed by atoms with Gasteiger partial charge in [-0.2, -0.15) is 0 Å². The van der Waals surface area contributed by atoms with Gasteiger partial charge in [-0.1, -0.05) is 60.7 Å². The van der Waals surface area contributed by atoms with Gasteiger partial charge in [0, 0.05) is 24.8 Å². The van der Waals surface area contributed by atoms with Gasteiger partial charge in [-0.25, -0.2) is 4.98 Å². The van der Waals surface area contributed by atoms with Crippen LogP contribution in [0.3, 0.4) is 0 Å². The summed E-state index contributed by atoms with van der Waals surface area (Å²) in [5.41, 5.74) is 4.52. The first-order valence-corrected chi connectivity index (χ1v) is 8.32. The first-order valence-electron chi connectivity index (χ1n) is 8.32. The van der Waals surface area contributed by atoms with E-state index in [4.69, 9.17) is 0 Å². The molecule has 1 aliphatic heterocycles. The van der Waals surface area contributed by atoms with Crippen molar-refractivity contribution < 1.29 is 5.11 Å². The monoisotopic (exact) mass is 316 g/mol. The summed E-state index contributed by atoms with van der Waals surface area (Å²) in [5.74, 6) is 0.966. The lowest BCUT2D eigenvalue weighted by molar-refractivity contribution is 0.220. The van der Waals surface area contributed by atoms with E-state index in [1.54, 1.807) is 6.20 Å². The lowest BCUT2D eigenvalue weighted by atomic mass is 10.00. The number of fused-ring (bicyclic) bond motifs is 1. The number of aliphatic hydroxyl groups is 1. The molecule has 3 nitrogen and oxygen atoms in total. The highest BCUT2D eigenvalue weighted by Crippen LogP contribution is 2.25. The van der Waals surface area contributed by atoms with Crippen LogP contribution in [-0.2, 0) is 13.0 Å². The van der Waals surface area contributed by atoms with Gasteiger partial charge in [0.15, 0.2) is 0 Å². The lowest BCUT2D eigenvalue weighted by Crippen LogP contribution is -2.30. The number of benzene rings is 2. The molecule has 0 saturated heterocycles. The Kier molecular flexibility index (Phi) is 4.01. The van der Waals surface area contributed by atoms with Gasteiger partial charge in [-0.05, 0) is 29.2 Å². The zero-order valence-corrected chi connectivity index (χ0v) is 13.5. The van der Waals surface area contributed by atoms with Crippen LogP contribution in [-0.4, -0.2) is 16.6 Å². The predicted octanol–water partition coefficient (Wildman–Crippen LogP) is 3.73. The molecule has 1 aliphatic rings. The number of aromatic nitrogens is 1. The highest BCUT2D eigenvalue weighted by atomic mass is 16.3. The summed E-state index contributed by atoms with van der Waals surface area (Å²) < 4.78 is 0. The number of aliphatic hydroxyl groups excluding tert-OH is 1. The summed E-state index contributed by atoms with van der Waals surface area (Å²) >= 11 is 0. The number of nitrogens with zero attached hydrogens (tertiary/aromatic N) is 2. The smallest absolute Gasteiger partial charge is 0.128 e.